The first-order valence-corrected chi connectivity index (χ1v) is 9.19. The van der Waals surface area contributed by atoms with Gasteiger partial charge in [0.25, 0.3) is 0 Å². The quantitative estimate of drug-likeness (QED) is 0.504. The van der Waals surface area contributed by atoms with Crippen LogP contribution in [0.1, 0.15) is 24.0 Å². The van der Waals surface area contributed by atoms with Crippen LogP contribution in [0.25, 0.3) is 22.0 Å². The first-order valence-electron chi connectivity index (χ1n) is 9.19. The maximum atomic E-state index is 5.42. The minimum Gasteiger partial charge on any atom is -0.497 e. The van der Waals surface area contributed by atoms with Gasteiger partial charge < -0.3 is 9.47 Å². The van der Waals surface area contributed by atoms with Crippen molar-refractivity contribution in [3.8, 4) is 22.6 Å². The Kier molecular flexibility index (Phi) is 4.74. The minimum atomic E-state index is 0.190. The molecule has 5 nitrogen and oxygen atoms in total. The molecule has 0 radical (unpaired) electrons. The maximum Gasteiger partial charge on any atom is 0.122 e. The molecule has 2 heterocycles. The molecule has 0 fully saturated rings. The number of rotatable bonds is 5. The fraction of sp³-hybridized carbons (Fsp3) is 0.217. The van der Waals surface area contributed by atoms with Crippen LogP contribution in [0.3, 0.4) is 0 Å². The van der Waals surface area contributed by atoms with Crippen molar-refractivity contribution in [3.63, 3.8) is 0 Å². The lowest BCUT2D eigenvalue weighted by Gasteiger charge is -2.16. The van der Waals surface area contributed by atoms with E-state index in [1.54, 1.807) is 18.9 Å². The van der Waals surface area contributed by atoms with Gasteiger partial charge in [0.1, 0.15) is 11.5 Å². The Morgan fingerprint density at radius 2 is 1.61 bits per heavy atom. The second kappa shape index (κ2) is 7.35. The Morgan fingerprint density at radius 3 is 2.25 bits per heavy atom. The van der Waals surface area contributed by atoms with Crippen LogP contribution < -0.4 is 9.47 Å². The third kappa shape index (κ3) is 3.43. The zero-order valence-electron chi connectivity index (χ0n) is 16.5. The Bertz CT molecular complexity index is 1110. The highest BCUT2D eigenvalue weighted by molar-refractivity contribution is 5.84. The summed E-state index contributed by atoms with van der Waals surface area (Å²) in [4.78, 5) is 4.62. The molecule has 0 spiro atoms. The van der Waals surface area contributed by atoms with Crippen molar-refractivity contribution in [1.82, 2.24) is 14.8 Å². The Labute approximate surface area is 164 Å². The smallest absolute Gasteiger partial charge is 0.122 e. The maximum absolute atomic E-state index is 5.42. The Balaban J connectivity index is 1.74. The molecule has 4 rings (SSSR count). The fourth-order valence-electron chi connectivity index (χ4n) is 3.42. The average molecular weight is 373 g/mol. The van der Waals surface area contributed by atoms with Crippen LogP contribution >= 0.6 is 0 Å². The van der Waals surface area contributed by atoms with Gasteiger partial charge in [-0.15, -0.1) is 0 Å². The van der Waals surface area contributed by atoms with Crippen molar-refractivity contribution >= 4 is 10.9 Å². The van der Waals surface area contributed by atoms with Gasteiger partial charge in [0.15, 0.2) is 0 Å². The van der Waals surface area contributed by atoms with Crippen molar-refractivity contribution in [2.45, 2.75) is 12.8 Å². The highest BCUT2D eigenvalue weighted by Gasteiger charge is 2.13. The molecular weight excluding hydrogens is 350 g/mol. The van der Waals surface area contributed by atoms with Crippen molar-refractivity contribution in [2.24, 2.45) is 7.05 Å². The molecule has 0 aliphatic heterocycles. The predicted octanol–water partition coefficient (Wildman–Crippen LogP) is 4.80. The molecule has 0 aliphatic rings. The second-order valence-electron chi connectivity index (χ2n) is 6.95. The number of hydrogen-bond donors (Lipinski definition) is 0. The van der Waals surface area contributed by atoms with Crippen LogP contribution in [-0.4, -0.2) is 29.0 Å². The van der Waals surface area contributed by atoms with Crippen molar-refractivity contribution < 1.29 is 9.47 Å². The molecule has 2 aromatic heterocycles. The number of hydrogen-bond acceptors (Lipinski definition) is 4. The van der Waals surface area contributed by atoms with Gasteiger partial charge in [-0.1, -0.05) is 13.0 Å². The number of aryl methyl sites for hydroxylation is 1. The predicted molar refractivity (Wildman–Crippen MR) is 111 cm³/mol. The summed E-state index contributed by atoms with van der Waals surface area (Å²) < 4.78 is 12.6. The first kappa shape index (κ1) is 18.0. The molecule has 2 aromatic carbocycles. The van der Waals surface area contributed by atoms with E-state index in [0.717, 1.165) is 39.1 Å². The summed E-state index contributed by atoms with van der Waals surface area (Å²) in [5.74, 6) is 1.78. The minimum absolute atomic E-state index is 0.190. The lowest BCUT2D eigenvalue weighted by molar-refractivity contribution is 0.393. The topological polar surface area (TPSA) is 49.2 Å². The zero-order valence-corrected chi connectivity index (χ0v) is 16.5. The summed E-state index contributed by atoms with van der Waals surface area (Å²) in [6.45, 7) is 2.19. The van der Waals surface area contributed by atoms with Crippen LogP contribution in [0, 0.1) is 0 Å². The van der Waals surface area contributed by atoms with Crippen LogP contribution in [0.4, 0.5) is 0 Å². The number of methoxy groups -OCH3 is 2. The normalized spacial score (nSPS) is 12.1. The molecule has 0 amide bonds. The highest BCUT2D eigenvalue weighted by atomic mass is 16.5. The number of ether oxygens (including phenoxy) is 2. The second-order valence-corrected chi connectivity index (χ2v) is 6.95. The highest BCUT2D eigenvalue weighted by Crippen LogP contribution is 2.33. The molecule has 28 heavy (non-hydrogen) atoms. The summed E-state index contributed by atoms with van der Waals surface area (Å²) in [6, 6.07) is 14.6. The number of pyridine rings is 1. The molecule has 4 aromatic rings. The monoisotopic (exact) mass is 373 g/mol. The largest absolute Gasteiger partial charge is 0.497 e. The lowest BCUT2D eigenvalue weighted by Crippen LogP contribution is -1.98. The van der Waals surface area contributed by atoms with Crippen LogP contribution in [0.2, 0.25) is 0 Å². The summed E-state index contributed by atoms with van der Waals surface area (Å²) >= 11 is 0. The van der Waals surface area contributed by atoms with Crippen LogP contribution in [0.15, 0.2) is 61.1 Å². The number of benzene rings is 2. The van der Waals surface area contributed by atoms with E-state index in [9.17, 15) is 0 Å². The molecule has 5 heteroatoms. The third-order valence-electron chi connectivity index (χ3n) is 5.12. The number of nitrogens with zero attached hydrogens (tertiary/aromatic N) is 3. The molecule has 0 bridgehead atoms. The SMILES string of the molecule is COc1cc(OC)cc(C(C)c2ccc3ncc(-c4cnn(C)c4)cc3c2)c1. The Hall–Kier alpha value is -3.34. The van der Waals surface area contributed by atoms with Crippen LogP contribution in [0.5, 0.6) is 11.5 Å². The molecule has 0 N–H and O–H groups in total. The molecule has 0 saturated heterocycles. The van der Waals surface area contributed by atoms with Crippen molar-refractivity contribution in [2.75, 3.05) is 14.2 Å². The van der Waals surface area contributed by atoms with Gasteiger partial charge in [-0.25, -0.2) is 0 Å². The lowest BCUT2D eigenvalue weighted by atomic mass is 9.91. The molecule has 0 saturated carbocycles. The van der Waals surface area contributed by atoms with E-state index >= 15 is 0 Å². The molecule has 1 atom stereocenters. The van der Waals surface area contributed by atoms with E-state index in [0.29, 0.717) is 0 Å². The van der Waals surface area contributed by atoms with E-state index in [-0.39, 0.29) is 5.92 Å². The fourth-order valence-corrected chi connectivity index (χ4v) is 3.42. The molecule has 142 valence electrons. The molecule has 0 aliphatic carbocycles. The standard InChI is InChI=1S/C23H23N3O2/c1-15(17-9-21(27-3)11-22(10-17)28-4)16-5-6-23-18(7-16)8-19(12-24-23)20-13-25-26(2)14-20/h5-15H,1-4H3. The summed E-state index contributed by atoms with van der Waals surface area (Å²) in [7, 11) is 5.26. The van der Waals surface area contributed by atoms with Crippen molar-refractivity contribution in [1.29, 1.82) is 0 Å². The number of aromatic nitrogens is 3. The van der Waals surface area contributed by atoms with Gasteiger partial charge in [-0.05, 0) is 41.5 Å². The van der Waals surface area contributed by atoms with Gasteiger partial charge in [-0.2, -0.15) is 5.10 Å². The summed E-state index contributed by atoms with van der Waals surface area (Å²) in [5.41, 5.74) is 5.47. The van der Waals surface area contributed by atoms with E-state index in [1.165, 1.54) is 5.56 Å². The van der Waals surface area contributed by atoms with Gasteiger partial charge >= 0.3 is 0 Å². The third-order valence-corrected chi connectivity index (χ3v) is 5.12. The van der Waals surface area contributed by atoms with Gasteiger partial charge in [0.2, 0.25) is 0 Å². The van der Waals surface area contributed by atoms with Gasteiger partial charge in [-0.3, -0.25) is 9.67 Å². The molecule has 1 unspecified atom stereocenters. The zero-order chi connectivity index (χ0) is 19.7. The van der Waals surface area contributed by atoms with E-state index < -0.39 is 0 Å². The van der Waals surface area contributed by atoms with Gasteiger partial charge in [0.05, 0.1) is 25.9 Å². The Morgan fingerprint density at radius 1 is 0.857 bits per heavy atom. The average Bonchev–Trinajstić information content (AvgIpc) is 3.18. The summed E-state index contributed by atoms with van der Waals surface area (Å²) in [6.07, 6.45) is 5.76. The first-order chi connectivity index (χ1) is 13.6. The van der Waals surface area contributed by atoms with E-state index in [1.807, 2.05) is 31.7 Å². The summed E-state index contributed by atoms with van der Waals surface area (Å²) in [5, 5.41) is 5.37. The van der Waals surface area contributed by atoms with Crippen molar-refractivity contribution in [3.05, 3.63) is 72.2 Å². The molecular formula is C23H23N3O2. The van der Waals surface area contributed by atoms with E-state index in [4.69, 9.17) is 9.47 Å². The van der Waals surface area contributed by atoms with Crippen LogP contribution in [-0.2, 0) is 7.05 Å². The van der Waals surface area contributed by atoms with Gasteiger partial charge in [0, 0.05) is 47.9 Å². The van der Waals surface area contributed by atoms with E-state index in [2.05, 4.69) is 53.4 Å². The number of fused-ring (bicyclic) bond motifs is 1.